The zero-order valence-electron chi connectivity index (χ0n) is 10.8. The van der Waals surface area contributed by atoms with Gasteiger partial charge in [-0.3, -0.25) is 9.59 Å². The second-order valence-corrected chi connectivity index (χ2v) is 4.88. The Morgan fingerprint density at radius 3 is 2.47 bits per heavy atom. The number of carbonyl (C=O) groups excluding carboxylic acids is 1. The molecule has 1 aliphatic heterocycles. The Bertz CT molecular complexity index is 504. The molecule has 1 aliphatic rings. The van der Waals surface area contributed by atoms with Gasteiger partial charge in [-0.2, -0.15) is 0 Å². The van der Waals surface area contributed by atoms with E-state index in [0.29, 0.717) is 31.5 Å². The molecule has 1 fully saturated rings. The summed E-state index contributed by atoms with van der Waals surface area (Å²) in [6, 6.07) is 5.06. The van der Waals surface area contributed by atoms with E-state index in [2.05, 4.69) is 0 Å². The van der Waals surface area contributed by atoms with Crippen molar-refractivity contribution in [3.8, 4) is 5.75 Å². The molecule has 0 bridgehead atoms. The molecule has 102 valence electrons. The quantitative estimate of drug-likeness (QED) is 0.850. The molecule has 1 heterocycles. The van der Waals surface area contributed by atoms with Crippen molar-refractivity contribution in [3.05, 3.63) is 29.3 Å². The number of carbonyl (C=O) groups is 2. The number of rotatable bonds is 2. The van der Waals surface area contributed by atoms with E-state index in [-0.39, 0.29) is 23.1 Å². The predicted molar refractivity (Wildman–Crippen MR) is 69.1 cm³/mol. The third kappa shape index (κ3) is 2.70. The number of benzene rings is 1. The average Bonchev–Trinajstić information content (AvgIpc) is 2.41. The standard InChI is InChI=1S/C14H17NO4/c1-9-3-2-4-11(12(9)16)13(17)15-7-5-10(6-8-15)14(18)19/h2-4,10,16H,5-8H2,1H3,(H,18,19). The average molecular weight is 263 g/mol. The van der Waals surface area contributed by atoms with Gasteiger partial charge in [0, 0.05) is 13.1 Å². The van der Waals surface area contributed by atoms with Crippen molar-refractivity contribution in [1.29, 1.82) is 0 Å². The van der Waals surface area contributed by atoms with E-state index in [0.717, 1.165) is 0 Å². The molecule has 1 amide bonds. The number of carboxylic acid groups (broad SMARTS) is 1. The summed E-state index contributed by atoms with van der Waals surface area (Å²) < 4.78 is 0. The van der Waals surface area contributed by atoms with E-state index in [9.17, 15) is 14.7 Å². The number of aliphatic carboxylic acids is 1. The maximum absolute atomic E-state index is 12.3. The highest BCUT2D eigenvalue weighted by Crippen LogP contribution is 2.25. The SMILES string of the molecule is Cc1cccc(C(=O)N2CCC(C(=O)O)CC2)c1O. The van der Waals surface area contributed by atoms with Crippen LogP contribution in [0.5, 0.6) is 5.75 Å². The highest BCUT2D eigenvalue weighted by Gasteiger charge is 2.28. The highest BCUT2D eigenvalue weighted by molar-refractivity contribution is 5.97. The molecule has 1 saturated heterocycles. The van der Waals surface area contributed by atoms with E-state index in [1.54, 1.807) is 30.0 Å². The van der Waals surface area contributed by atoms with Crippen LogP contribution in [0.3, 0.4) is 0 Å². The largest absolute Gasteiger partial charge is 0.507 e. The topological polar surface area (TPSA) is 77.8 Å². The normalized spacial score (nSPS) is 16.4. The number of likely N-dealkylation sites (tertiary alicyclic amines) is 1. The molecule has 5 heteroatoms. The minimum absolute atomic E-state index is 0.00728. The second kappa shape index (κ2) is 5.30. The lowest BCUT2D eigenvalue weighted by Gasteiger charge is -2.30. The lowest BCUT2D eigenvalue weighted by molar-refractivity contribution is -0.143. The molecule has 5 nitrogen and oxygen atoms in total. The Balaban J connectivity index is 2.09. The summed E-state index contributed by atoms with van der Waals surface area (Å²) >= 11 is 0. The molecular weight excluding hydrogens is 246 g/mol. The van der Waals surface area contributed by atoms with Crippen LogP contribution in [0.4, 0.5) is 0 Å². The zero-order chi connectivity index (χ0) is 14.0. The van der Waals surface area contributed by atoms with Gasteiger partial charge in [-0.25, -0.2) is 0 Å². The fourth-order valence-corrected chi connectivity index (χ4v) is 2.33. The molecule has 1 aromatic rings. The van der Waals surface area contributed by atoms with Crippen molar-refractivity contribution < 1.29 is 19.8 Å². The van der Waals surface area contributed by atoms with Crippen LogP contribution >= 0.6 is 0 Å². The number of phenolic OH excluding ortho intramolecular Hbond substituents is 1. The minimum atomic E-state index is -0.800. The van der Waals surface area contributed by atoms with E-state index in [1.165, 1.54) is 0 Å². The summed E-state index contributed by atoms with van der Waals surface area (Å²) in [6.07, 6.45) is 0.932. The van der Waals surface area contributed by atoms with Gasteiger partial charge in [0.05, 0.1) is 11.5 Å². The maximum atomic E-state index is 12.3. The number of aryl methyl sites for hydroxylation is 1. The van der Waals surface area contributed by atoms with Gasteiger partial charge in [0.2, 0.25) is 0 Å². The number of hydrogen-bond donors (Lipinski definition) is 2. The summed E-state index contributed by atoms with van der Waals surface area (Å²) in [5.41, 5.74) is 0.944. The van der Waals surface area contributed by atoms with E-state index in [4.69, 9.17) is 5.11 Å². The minimum Gasteiger partial charge on any atom is -0.507 e. The number of amides is 1. The molecule has 0 spiro atoms. The Labute approximate surface area is 111 Å². The van der Waals surface area contributed by atoms with Gasteiger partial charge in [-0.1, -0.05) is 12.1 Å². The van der Waals surface area contributed by atoms with E-state index in [1.807, 2.05) is 0 Å². The van der Waals surface area contributed by atoms with Crippen molar-refractivity contribution >= 4 is 11.9 Å². The van der Waals surface area contributed by atoms with Crippen molar-refractivity contribution in [2.45, 2.75) is 19.8 Å². The lowest BCUT2D eigenvalue weighted by atomic mass is 9.96. The Hall–Kier alpha value is -2.04. The molecule has 0 aliphatic carbocycles. The molecule has 0 unspecified atom stereocenters. The van der Waals surface area contributed by atoms with E-state index >= 15 is 0 Å². The number of aromatic hydroxyl groups is 1. The predicted octanol–water partition coefficient (Wildman–Crippen LogP) is 1.64. The molecule has 0 radical (unpaired) electrons. The van der Waals surface area contributed by atoms with E-state index < -0.39 is 5.97 Å². The molecule has 2 rings (SSSR count). The van der Waals surface area contributed by atoms with Gasteiger partial charge in [-0.15, -0.1) is 0 Å². The Morgan fingerprint density at radius 2 is 1.89 bits per heavy atom. The first kappa shape index (κ1) is 13.4. The summed E-state index contributed by atoms with van der Waals surface area (Å²) in [6.45, 7) is 2.58. The zero-order valence-corrected chi connectivity index (χ0v) is 10.8. The molecular formula is C14H17NO4. The Kier molecular flexibility index (Phi) is 3.74. The number of para-hydroxylation sites is 1. The number of piperidine rings is 1. The van der Waals surface area contributed by atoms with Gasteiger partial charge in [-0.05, 0) is 31.4 Å². The van der Waals surface area contributed by atoms with Crippen molar-refractivity contribution in [3.63, 3.8) is 0 Å². The first-order chi connectivity index (χ1) is 9.00. The molecule has 0 saturated carbocycles. The van der Waals surface area contributed by atoms with Crippen LogP contribution in [0.15, 0.2) is 18.2 Å². The number of phenols is 1. The van der Waals surface area contributed by atoms with Crippen LogP contribution in [0.25, 0.3) is 0 Å². The van der Waals surface area contributed by atoms with Gasteiger partial charge in [0.25, 0.3) is 5.91 Å². The van der Waals surface area contributed by atoms with Crippen LogP contribution in [0.2, 0.25) is 0 Å². The summed E-state index contributed by atoms with van der Waals surface area (Å²) in [4.78, 5) is 24.7. The number of carboxylic acids is 1. The fourth-order valence-electron chi connectivity index (χ4n) is 2.33. The van der Waals surface area contributed by atoms with Crippen LogP contribution in [0, 0.1) is 12.8 Å². The highest BCUT2D eigenvalue weighted by atomic mass is 16.4. The van der Waals surface area contributed by atoms with Crippen LogP contribution in [0.1, 0.15) is 28.8 Å². The van der Waals surface area contributed by atoms with Crippen LogP contribution in [-0.2, 0) is 4.79 Å². The van der Waals surface area contributed by atoms with Gasteiger partial charge >= 0.3 is 5.97 Å². The molecule has 0 atom stereocenters. The molecule has 0 aromatic heterocycles. The van der Waals surface area contributed by atoms with Crippen LogP contribution in [-0.4, -0.2) is 40.1 Å². The summed E-state index contributed by atoms with van der Waals surface area (Å²) in [5.74, 6) is -1.39. The first-order valence-corrected chi connectivity index (χ1v) is 6.31. The van der Waals surface area contributed by atoms with Crippen molar-refractivity contribution in [1.82, 2.24) is 4.90 Å². The Morgan fingerprint density at radius 1 is 1.26 bits per heavy atom. The number of hydrogen-bond acceptors (Lipinski definition) is 3. The third-order valence-electron chi connectivity index (χ3n) is 3.60. The van der Waals surface area contributed by atoms with Gasteiger partial charge in [0.15, 0.2) is 0 Å². The lowest BCUT2D eigenvalue weighted by Crippen LogP contribution is -2.40. The molecule has 2 N–H and O–H groups in total. The third-order valence-corrected chi connectivity index (χ3v) is 3.60. The first-order valence-electron chi connectivity index (χ1n) is 6.31. The fraction of sp³-hybridized carbons (Fsp3) is 0.429. The smallest absolute Gasteiger partial charge is 0.306 e. The van der Waals surface area contributed by atoms with Crippen LogP contribution < -0.4 is 0 Å². The second-order valence-electron chi connectivity index (χ2n) is 4.88. The van der Waals surface area contributed by atoms with Crippen molar-refractivity contribution in [2.24, 2.45) is 5.92 Å². The number of nitrogens with zero attached hydrogens (tertiary/aromatic N) is 1. The summed E-state index contributed by atoms with van der Waals surface area (Å²) in [5, 5.41) is 18.8. The summed E-state index contributed by atoms with van der Waals surface area (Å²) in [7, 11) is 0. The van der Waals surface area contributed by atoms with Crippen molar-refractivity contribution in [2.75, 3.05) is 13.1 Å². The molecule has 19 heavy (non-hydrogen) atoms. The van der Waals surface area contributed by atoms with Gasteiger partial charge < -0.3 is 15.1 Å². The monoisotopic (exact) mass is 263 g/mol. The maximum Gasteiger partial charge on any atom is 0.306 e. The molecule has 1 aromatic carbocycles. The van der Waals surface area contributed by atoms with Gasteiger partial charge in [0.1, 0.15) is 5.75 Å².